The zero-order valence-electron chi connectivity index (χ0n) is 18.4. The summed E-state index contributed by atoms with van der Waals surface area (Å²) in [6.07, 6.45) is 1.75. The van der Waals surface area contributed by atoms with Crippen LogP contribution in [-0.4, -0.2) is 20.4 Å². The van der Waals surface area contributed by atoms with Crippen LogP contribution in [-0.2, 0) is 5.60 Å². The number of para-hydroxylation sites is 1. The Morgan fingerprint density at radius 2 is 1.58 bits per heavy atom. The van der Waals surface area contributed by atoms with E-state index in [1.807, 2.05) is 18.2 Å². The standard InChI is InChI=1S/C26H23Cl3N2OS/c1-4-33-18-8-5-7-16(13-18)17-11-12-19(22(29)14-17)25-30-23(26(2,3)32)15-31(25)24-20(27)9-6-10-21(24)28/h5-15,32H,4H2,1-3H3. The molecule has 0 unspecified atom stereocenters. The quantitative estimate of drug-likeness (QED) is 0.260. The normalized spacial score (nSPS) is 11.7. The maximum atomic E-state index is 10.6. The molecule has 4 rings (SSSR count). The van der Waals surface area contributed by atoms with Crippen molar-refractivity contribution in [2.45, 2.75) is 31.3 Å². The van der Waals surface area contributed by atoms with Gasteiger partial charge in [0.25, 0.3) is 0 Å². The summed E-state index contributed by atoms with van der Waals surface area (Å²) in [5.74, 6) is 1.56. The topological polar surface area (TPSA) is 38.1 Å². The minimum atomic E-state index is -1.16. The Balaban J connectivity index is 1.86. The van der Waals surface area contributed by atoms with Gasteiger partial charge in [-0.3, -0.25) is 4.57 Å². The fraction of sp³-hybridized carbons (Fsp3) is 0.192. The van der Waals surface area contributed by atoms with E-state index in [2.05, 4.69) is 31.2 Å². The zero-order valence-corrected chi connectivity index (χ0v) is 21.5. The average molecular weight is 518 g/mol. The van der Waals surface area contributed by atoms with Crippen molar-refractivity contribution in [2.24, 2.45) is 0 Å². The Morgan fingerprint density at radius 3 is 2.21 bits per heavy atom. The molecular weight excluding hydrogens is 495 g/mol. The highest BCUT2D eigenvalue weighted by molar-refractivity contribution is 7.99. The number of benzene rings is 3. The van der Waals surface area contributed by atoms with Gasteiger partial charge < -0.3 is 5.11 Å². The fourth-order valence-corrected chi connectivity index (χ4v) is 5.13. The van der Waals surface area contributed by atoms with E-state index < -0.39 is 5.60 Å². The van der Waals surface area contributed by atoms with E-state index in [0.29, 0.717) is 37.8 Å². The van der Waals surface area contributed by atoms with Crippen LogP contribution in [0.4, 0.5) is 0 Å². The predicted molar refractivity (Wildman–Crippen MR) is 141 cm³/mol. The highest BCUT2D eigenvalue weighted by Gasteiger charge is 2.25. The number of aromatic nitrogens is 2. The molecule has 0 bridgehead atoms. The number of nitrogens with zero attached hydrogens (tertiary/aromatic N) is 2. The number of aliphatic hydroxyl groups is 1. The fourth-order valence-electron chi connectivity index (χ4n) is 3.56. The van der Waals surface area contributed by atoms with Gasteiger partial charge in [-0.15, -0.1) is 11.8 Å². The Labute approximate surface area is 213 Å². The SMILES string of the molecule is CCSc1cccc(-c2ccc(-c3nc(C(C)(C)O)cn3-c3c(Cl)cccc3Cl)c(Cl)c2)c1. The lowest BCUT2D eigenvalue weighted by molar-refractivity contribution is 0.0743. The van der Waals surface area contributed by atoms with E-state index in [1.54, 1.807) is 54.6 Å². The van der Waals surface area contributed by atoms with Crippen molar-refractivity contribution >= 4 is 46.6 Å². The van der Waals surface area contributed by atoms with Gasteiger partial charge in [0, 0.05) is 16.7 Å². The number of rotatable bonds is 6. The lowest BCUT2D eigenvalue weighted by atomic mass is 10.0. The number of halogens is 3. The second-order valence-corrected chi connectivity index (χ2v) is 10.7. The maximum absolute atomic E-state index is 10.6. The second-order valence-electron chi connectivity index (χ2n) is 8.10. The summed E-state index contributed by atoms with van der Waals surface area (Å²) in [5, 5.41) is 12.1. The number of hydrogen-bond donors (Lipinski definition) is 1. The summed E-state index contributed by atoms with van der Waals surface area (Å²) in [5.41, 5.74) is 2.74. The summed E-state index contributed by atoms with van der Waals surface area (Å²) in [4.78, 5) is 5.94. The van der Waals surface area contributed by atoms with E-state index in [0.717, 1.165) is 16.9 Å². The van der Waals surface area contributed by atoms with Crippen LogP contribution >= 0.6 is 46.6 Å². The Kier molecular flexibility index (Phi) is 7.13. The lowest BCUT2D eigenvalue weighted by Gasteiger charge is -2.13. The molecule has 4 aromatic rings. The van der Waals surface area contributed by atoms with E-state index in [9.17, 15) is 5.11 Å². The molecule has 0 saturated heterocycles. The number of hydrogen-bond acceptors (Lipinski definition) is 3. The van der Waals surface area contributed by atoms with Gasteiger partial charge in [0.05, 0.1) is 26.4 Å². The number of imidazole rings is 1. The van der Waals surface area contributed by atoms with Crippen molar-refractivity contribution in [2.75, 3.05) is 5.75 Å². The Bertz CT molecular complexity index is 1290. The molecule has 3 nitrogen and oxygen atoms in total. The molecule has 1 N–H and O–H groups in total. The van der Waals surface area contributed by atoms with Gasteiger partial charge in [-0.2, -0.15) is 0 Å². The van der Waals surface area contributed by atoms with E-state index in [-0.39, 0.29) is 0 Å². The average Bonchev–Trinajstić information content (AvgIpc) is 3.19. The minimum Gasteiger partial charge on any atom is -0.384 e. The summed E-state index contributed by atoms with van der Waals surface area (Å²) in [6.45, 7) is 5.51. The van der Waals surface area contributed by atoms with Crippen molar-refractivity contribution < 1.29 is 5.11 Å². The lowest BCUT2D eigenvalue weighted by Crippen LogP contribution is -2.15. The van der Waals surface area contributed by atoms with E-state index in [1.165, 1.54) is 4.90 Å². The molecule has 1 aromatic heterocycles. The van der Waals surface area contributed by atoms with Crippen molar-refractivity contribution in [3.05, 3.63) is 87.6 Å². The third-order valence-electron chi connectivity index (χ3n) is 5.20. The minimum absolute atomic E-state index is 0.474. The maximum Gasteiger partial charge on any atom is 0.146 e. The van der Waals surface area contributed by atoms with Crippen LogP contribution in [0.5, 0.6) is 0 Å². The van der Waals surface area contributed by atoms with Gasteiger partial charge in [0.1, 0.15) is 11.4 Å². The Morgan fingerprint density at radius 1 is 0.909 bits per heavy atom. The molecule has 1 heterocycles. The molecule has 0 spiro atoms. The molecule has 0 atom stereocenters. The molecule has 0 aliphatic heterocycles. The largest absolute Gasteiger partial charge is 0.384 e. The highest BCUT2D eigenvalue weighted by Crippen LogP contribution is 2.38. The van der Waals surface area contributed by atoms with Crippen LogP contribution in [0.2, 0.25) is 15.1 Å². The van der Waals surface area contributed by atoms with Crippen LogP contribution in [0.1, 0.15) is 26.5 Å². The zero-order chi connectivity index (χ0) is 23.8. The van der Waals surface area contributed by atoms with Crippen molar-refractivity contribution in [3.63, 3.8) is 0 Å². The van der Waals surface area contributed by atoms with Crippen molar-refractivity contribution in [3.8, 4) is 28.2 Å². The summed E-state index contributed by atoms with van der Waals surface area (Å²) in [6, 6.07) is 19.6. The van der Waals surface area contributed by atoms with Crippen LogP contribution in [0.15, 0.2) is 71.8 Å². The van der Waals surface area contributed by atoms with Crippen LogP contribution < -0.4 is 0 Å². The second kappa shape index (κ2) is 9.73. The molecule has 0 fully saturated rings. The molecule has 3 aromatic carbocycles. The monoisotopic (exact) mass is 516 g/mol. The van der Waals surface area contributed by atoms with E-state index >= 15 is 0 Å². The highest BCUT2D eigenvalue weighted by atomic mass is 35.5. The molecule has 0 aliphatic rings. The molecular formula is C26H23Cl3N2OS. The first-order valence-corrected chi connectivity index (χ1v) is 12.6. The molecule has 0 saturated carbocycles. The van der Waals surface area contributed by atoms with Gasteiger partial charge in [-0.25, -0.2) is 4.98 Å². The molecule has 33 heavy (non-hydrogen) atoms. The van der Waals surface area contributed by atoms with Crippen LogP contribution in [0.25, 0.3) is 28.2 Å². The van der Waals surface area contributed by atoms with Crippen LogP contribution in [0.3, 0.4) is 0 Å². The molecule has 0 radical (unpaired) electrons. The van der Waals surface area contributed by atoms with Crippen molar-refractivity contribution in [1.82, 2.24) is 9.55 Å². The van der Waals surface area contributed by atoms with Crippen LogP contribution in [0, 0.1) is 0 Å². The first kappa shape index (κ1) is 24.2. The summed E-state index contributed by atoms with van der Waals surface area (Å²) < 4.78 is 1.79. The third-order valence-corrected chi connectivity index (χ3v) is 7.00. The first-order chi connectivity index (χ1) is 15.7. The molecule has 0 amide bonds. The molecule has 0 aliphatic carbocycles. The van der Waals surface area contributed by atoms with Gasteiger partial charge in [0.2, 0.25) is 0 Å². The first-order valence-electron chi connectivity index (χ1n) is 10.5. The Hall–Kier alpha value is -1.95. The van der Waals surface area contributed by atoms with Gasteiger partial charge in [0.15, 0.2) is 0 Å². The number of thioether (sulfide) groups is 1. The van der Waals surface area contributed by atoms with E-state index in [4.69, 9.17) is 39.8 Å². The third kappa shape index (κ3) is 5.11. The van der Waals surface area contributed by atoms with Gasteiger partial charge >= 0.3 is 0 Å². The summed E-state index contributed by atoms with van der Waals surface area (Å²) in [7, 11) is 0. The van der Waals surface area contributed by atoms with Crippen molar-refractivity contribution in [1.29, 1.82) is 0 Å². The molecule has 7 heteroatoms. The smallest absolute Gasteiger partial charge is 0.146 e. The molecule has 170 valence electrons. The van der Waals surface area contributed by atoms with Gasteiger partial charge in [-0.05, 0) is 67.1 Å². The van der Waals surface area contributed by atoms with Gasteiger partial charge in [-0.1, -0.05) is 66.0 Å². The predicted octanol–water partition coefficient (Wildman–Crippen LogP) is 8.51. The summed E-state index contributed by atoms with van der Waals surface area (Å²) >= 11 is 21.6.